The van der Waals surface area contributed by atoms with Crippen LogP contribution in [0, 0.1) is 6.92 Å². The Bertz CT molecular complexity index is 578. The molecular formula is C15H21N3O2. The summed E-state index contributed by atoms with van der Waals surface area (Å²) in [6.07, 6.45) is 1.28. The van der Waals surface area contributed by atoms with Gasteiger partial charge < -0.3 is 10.1 Å². The van der Waals surface area contributed by atoms with Crippen molar-refractivity contribution < 1.29 is 9.53 Å². The molecule has 5 nitrogen and oxygen atoms in total. The number of nitrogens with one attached hydrogen (secondary N) is 1. The van der Waals surface area contributed by atoms with Crippen LogP contribution < -0.4 is 5.32 Å². The minimum absolute atomic E-state index is 0.0540. The summed E-state index contributed by atoms with van der Waals surface area (Å²) >= 11 is 0. The van der Waals surface area contributed by atoms with Crippen molar-refractivity contribution in [3.8, 4) is 0 Å². The Morgan fingerprint density at radius 1 is 1.40 bits per heavy atom. The van der Waals surface area contributed by atoms with Gasteiger partial charge in [-0.15, -0.1) is 0 Å². The molecule has 1 aromatic heterocycles. The molecule has 1 amide bonds. The second-order valence-corrected chi connectivity index (χ2v) is 4.77. The summed E-state index contributed by atoms with van der Waals surface area (Å²) in [5, 5.41) is 8.52. The molecule has 0 aliphatic rings. The Balaban J connectivity index is 1.88. The van der Waals surface area contributed by atoms with Crippen molar-refractivity contribution in [1.82, 2.24) is 15.1 Å². The number of hydrogen-bond acceptors (Lipinski definition) is 3. The lowest BCUT2D eigenvalue weighted by atomic mass is 10.2. The molecule has 0 saturated heterocycles. The van der Waals surface area contributed by atoms with E-state index in [-0.39, 0.29) is 5.91 Å². The summed E-state index contributed by atoms with van der Waals surface area (Å²) in [4.78, 5) is 11.7. The summed E-state index contributed by atoms with van der Waals surface area (Å²) in [6, 6.07) is 8.08. The third kappa shape index (κ3) is 3.57. The van der Waals surface area contributed by atoms with E-state index in [1.54, 1.807) is 7.11 Å². The van der Waals surface area contributed by atoms with Gasteiger partial charge in [0.05, 0.1) is 17.8 Å². The second kappa shape index (κ2) is 7.05. The van der Waals surface area contributed by atoms with E-state index in [1.807, 2.05) is 29.8 Å². The molecule has 2 aromatic rings. The Labute approximate surface area is 118 Å². The van der Waals surface area contributed by atoms with E-state index in [9.17, 15) is 4.79 Å². The third-order valence-corrected chi connectivity index (χ3v) is 3.24. The highest BCUT2D eigenvalue weighted by Gasteiger charge is 2.08. The van der Waals surface area contributed by atoms with E-state index < -0.39 is 0 Å². The number of benzene rings is 1. The van der Waals surface area contributed by atoms with Crippen molar-refractivity contribution in [2.75, 3.05) is 20.3 Å². The van der Waals surface area contributed by atoms with E-state index in [1.165, 1.54) is 0 Å². The monoisotopic (exact) mass is 275 g/mol. The zero-order chi connectivity index (χ0) is 14.4. The molecule has 0 fully saturated rings. The second-order valence-electron chi connectivity index (χ2n) is 4.77. The van der Waals surface area contributed by atoms with Gasteiger partial charge in [-0.1, -0.05) is 18.2 Å². The smallest absolute Gasteiger partial charge is 0.221 e. The van der Waals surface area contributed by atoms with Crippen LogP contribution in [0.2, 0.25) is 0 Å². The number of nitrogens with zero attached hydrogens (tertiary/aromatic N) is 2. The van der Waals surface area contributed by atoms with Crippen LogP contribution in [0.1, 0.15) is 18.5 Å². The van der Waals surface area contributed by atoms with Gasteiger partial charge in [-0.2, -0.15) is 5.10 Å². The highest BCUT2D eigenvalue weighted by Crippen LogP contribution is 2.17. The predicted octanol–water partition coefficient (Wildman–Crippen LogP) is 1.89. The average molecular weight is 275 g/mol. The van der Waals surface area contributed by atoms with E-state index in [0.717, 1.165) is 23.0 Å². The van der Waals surface area contributed by atoms with E-state index in [4.69, 9.17) is 4.74 Å². The molecule has 5 heteroatoms. The van der Waals surface area contributed by atoms with Gasteiger partial charge in [0.1, 0.15) is 0 Å². The number of fused-ring (bicyclic) bond motifs is 1. The maximum absolute atomic E-state index is 11.7. The van der Waals surface area contributed by atoms with E-state index in [2.05, 4.69) is 16.5 Å². The molecule has 0 saturated carbocycles. The Hall–Kier alpha value is -1.88. The first-order chi connectivity index (χ1) is 9.72. The molecule has 0 aliphatic heterocycles. The fourth-order valence-corrected chi connectivity index (χ4v) is 2.20. The van der Waals surface area contributed by atoms with Crippen LogP contribution >= 0.6 is 0 Å². The molecule has 0 aliphatic carbocycles. The SMILES string of the molecule is COCCCNC(=O)CCn1nc(C)c2ccccc21. The molecule has 0 unspecified atom stereocenters. The predicted molar refractivity (Wildman–Crippen MR) is 78.6 cm³/mol. The molecule has 2 rings (SSSR count). The molecule has 1 aromatic carbocycles. The largest absolute Gasteiger partial charge is 0.385 e. The van der Waals surface area contributed by atoms with Crippen molar-refractivity contribution in [3.05, 3.63) is 30.0 Å². The average Bonchev–Trinajstić information content (AvgIpc) is 2.79. The molecule has 20 heavy (non-hydrogen) atoms. The number of methoxy groups -OCH3 is 1. The van der Waals surface area contributed by atoms with Gasteiger partial charge in [0.25, 0.3) is 0 Å². The maximum Gasteiger partial charge on any atom is 0.221 e. The van der Waals surface area contributed by atoms with Crippen LogP contribution in [0.15, 0.2) is 24.3 Å². The lowest BCUT2D eigenvalue weighted by molar-refractivity contribution is -0.121. The topological polar surface area (TPSA) is 56.1 Å². The van der Waals surface area contributed by atoms with Gasteiger partial charge in [0, 0.05) is 32.1 Å². The first kappa shape index (κ1) is 14.5. The first-order valence-electron chi connectivity index (χ1n) is 6.90. The fraction of sp³-hybridized carbons (Fsp3) is 0.467. The van der Waals surface area contributed by atoms with Crippen LogP contribution in [-0.4, -0.2) is 35.9 Å². The van der Waals surface area contributed by atoms with Gasteiger partial charge >= 0.3 is 0 Å². The van der Waals surface area contributed by atoms with Crippen LogP contribution in [-0.2, 0) is 16.1 Å². The number of amides is 1. The molecule has 0 radical (unpaired) electrons. The number of hydrogen-bond donors (Lipinski definition) is 1. The lowest BCUT2D eigenvalue weighted by Crippen LogP contribution is -2.26. The van der Waals surface area contributed by atoms with Crippen LogP contribution in [0.4, 0.5) is 0 Å². The van der Waals surface area contributed by atoms with Crippen molar-refractivity contribution in [1.29, 1.82) is 0 Å². The molecule has 0 bridgehead atoms. The quantitative estimate of drug-likeness (QED) is 0.785. The molecule has 0 atom stereocenters. The standard InChI is InChI=1S/C15H21N3O2/c1-12-13-6-3-4-7-14(13)18(17-12)10-8-15(19)16-9-5-11-20-2/h3-4,6-7H,5,8-11H2,1-2H3,(H,16,19). The van der Waals surface area contributed by atoms with Crippen molar-refractivity contribution in [3.63, 3.8) is 0 Å². The van der Waals surface area contributed by atoms with Gasteiger partial charge in [-0.25, -0.2) is 0 Å². The number of ether oxygens (including phenoxy) is 1. The normalized spacial score (nSPS) is 10.9. The molecule has 1 N–H and O–H groups in total. The first-order valence-corrected chi connectivity index (χ1v) is 6.90. The number of rotatable bonds is 7. The summed E-state index contributed by atoms with van der Waals surface area (Å²) in [6.45, 7) is 3.92. The number of para-hydroxylation sites is 1. The number of aryl methyl sites for hydroxylation is 2. The van der Waals surface area contributed by atoms with Crippen molar-refractivity contribution >= 4 is 16.8 Å². The van der Waals surface area contributed by atoms with Crippen LogP contribution in [0.3, 0.4) is 0 Å². The summed E-state index contributed by atoms with van der Waals surface area (Å²) in [5.74, 6) is 0.0540. The number of carbonyl (C=O) groups is 1. The number of aromatic nitrogens is 2. The van der Waals surface area contributed by atoms with E-state index in [0.29, 0.717) is 26.1 Å². The van der Waals surface area contributed by atoms with Crippen molar-refractivity contribution in [2.45, 2.75) is 26.3 Å². The molecule has 108 valence electrons. The summed E-state index contributed by atoms with van der Waals surface area (Å²) in [7, 11) is 1.66. The van der Waals surface area contributed by atoms with Gasteiger partial charge in [-0.05, 0) is 19.4 Å². The third-order valence-electron chi connectivity index (χ3n) is 3.24. The zero-order valence-electron chi connectivity index (χ0n) is 12.1. The lowest BCUT2D eigenvalue weighted by Gasteiger charge is -2.06. The molecular weight excluding hydrogens is 254 g/mol. The zero-order valence-corrected chi connectivity index (χ0v) is 12.1. The highest BCUT2D eigenvalue weighted by molar-refractivity contribution is 5.82. The molecule has 1 heterocycles. The summed E-state index contributed by atoms with van der Waals surface area (Å²) < 4.78 is 6.84. The summed E-state index contributed by atoms with van der Waals surface area (Å²) in [5.41, 5.74) is 2.08. The minimum Gasteiger partial charge on any atom is -0.385 e. The van der Waals surface area contributed by atoms with Crippen LogP contribution in [0.25, 0.3) is 10.9 Å². The van der Waals surface area contributed by atoms with Crippen molar-refractivity contribution in [2.24, 2.45) is 0 Å². The Morgan fingerprint density at radius 2 is 2.20 bits per heavy atom. The minimum atomic E-state index is 0.0540. The number of carbonyl (C=O) groups excluding carboxylic acids is 1. The Kier molecular flexibility index (Phi) is 5.12. The van der Waals surface area contributed by atoms with Gasteiger partial charge in [0.2, 0.25) is 5.91 Å². The van der Waals surface area contributed by atoms with Crippen LogP contribution in [0.5, 0.6) is 0 Å². The highest BCUT2D eigenvalue weighted by atomic mass is 16.5. The fourth-order valence-electron chi connectivity index (χ4n) is 2.20. The maximum atomic E-state index is 11.7. The van der Waals surface area contributed by atoms with Gasteiger partial charge in [-0.3, -0.25) is 9.48 Å². The Morgan fingerprint density at radius 3 is 3.00 bits per heavy atom. The van der Waals surface area contributed by atoms with E-state index >= 15 is 0 Å². The van der Waals surface area contributed by atoms with Gasteiger partial charge in [0.15, 0.2) is 0 Å². The molecule has 0 spiro atoms.